The highest BCUT2D eigenvalue weighted by Gasteiger charge is 2.36. The first-order valence-electron chi connectivity index (χ1n) is 13.4. The molecule has 3 aromatic rings. The van der Waals surface area contributed by atoms with E-state index in [4.69, 9.17) is 19.2 Å². The molecule has 0 spiro atoms. The number of hydrogen-bond acceptors (Lipinski definition) is 7. The van der Waals surface area contributed by atoms with E-state index in [1.54, 1.807) is 7.11 Å². The molecule has 3 atom stereocenters. The maximum Gasteiger partial charge on any atom is 0.439 e. The number of rotatable bonds is 7. The monoisotopic (exact) mass is 506 g/mol. The first kappa shape index (κ1) is 25.4. The highest BCUT2D eigenvalue weighted by atomic mass is 16.5. The second-order valence-corrected chi connectivity index (χ2v) is 10.8. The van der Waals surface area contributed by atoms with Gasteiger partial charge in [0.25, 0.3) is 0 Å². The van der Waals surface area contributed by atoms with Crippen LogP contribution in [0.15, 0.2) is 34.1 Å². The van der Waals surface area contributed by atoms with Crippen molar-refractivity contribution in [3.05, 3.63) is 41.0 Å². The van der Waals surface area contributed by atoms with Crippen LogP contribution in [0.4, 0.5) is 5.95 Å². The summed E-state index contributed by atoms with van der Waals surface area (Å²) in [4.78, 5) is 26.9. The van der Waals surface area contributed by atoms with Crippen molar-refractivity contribution in [2.75, 3.05) is 18.6 Å². The molecule has 2 fully saturated rings. The molecule has 1 N–H and O–H groups in total. The largest absolute Gasteiger partial charge is 0.439 e. The average molecular weight is 507 g/mol. The number of imidazole rings is 1. The summed E-state index contributed by atoms with van der Waals surface area (Å²) < 4.78 is 12.9. The molecule has 198 valence electrons. The fourth-order valence-electron chi connectivity index (χ4n) is 6.12. The molecule has 3 unspecified atom stereocenters. The number of methoxy groups -OCH3 is 1. The molecule has 1 saturated heterocycles. The van der Waals surface area contributed by atoms with Gasteiger partial charge < -0.3 is 14.2 Å². The average Bonchev–Trinajstić information content (AvgIpc) is 3.60. The number of pyridine rings is 1. The summed E-state index contributed by atoms with van der Waals surface area (Å²) in [5, 5.41) is 3.89. The van der Waals surface area contributed by atoms with Gasteiger partial charge in [-0.05, 0) is 63.5 Å². The first-order valence-corrected chi connectivity index (χ1v) is 13.4. The van der Waals surface area contributed by atoms with E-state index in [0.717, 1.165) is 47.1 Å². The summed E-state index contributed by atoms with van der Waals surface area (Å²) in [5.74, 6) is 1.95. The van der Waals surface area contributed by atoms with Crippen molar-refractivity contribution in [2.45, 2.75) is 78.0 Å². The van der Waals surface area contributed by atoms with E-state index in [1.807, 2.05) is 25.1 Å². The molecule has 1 saturated carbocycles. The lowest BCUT2D eigenvalue weighted by molar-refractivity contribution is 0.118. The molecule has 1 aliphatic carbocycles. The number of nitrogens with zero attached hydrogens (tertiary/aromatic N) is 5. The predicted octanol–water partition coefficient (Wildman–Crippen LogP) is 5.36. The number of aromatic amines is 1. The maximum absolute atomic E-state index is 11.7. The molecule has 0 amide bonds. The van der Waals surface area contributed by atoms with Crippen LogP contribution >= 0.6 is 0 Å². The van der Waals surface area contributed by atoms with Crippen LogP contribution in [0.3, 0.4) is 0 Å². The van der Waals surface area contributed by atoms with Gasteiger partial charge in [0, 0.05) is 25.7 Å². The lowest BCUT2D eigenvalue weighted by Crippen LogP contribution is -2.32. The van der Waals surface area contributed by atoms with Crippen molar-refractivity contribution in [3.8, 4) is 11.5 Å². The molecular formula is C28H38N6O3. The van der Waals surface area contributed by atoms with Crippen LogP contribution in [0.25, 0.3) is 28.1 Å². The Morgan fingerprint density at radius 1 is 1.27 bits per heavy atom. The summed E-state index contributed by atoms with van der Waals surface area (Å²) in [6.45, 7) is 13.8. The van der Waals surface area contributed by atoms with Crippen molar-refractivity contribution in [2.24, 2.45) is 11.8 Å². The number of hydrogen-bond donors (Lipinski definition) is 1. The Labute approximate surface area is 217 Å². The topological polar surface area (TPSA) is 102 Å². The fourth-order valence-corrected chi connectivity index (χ4v) is 6.12. The highest BCUT2D eigenvalue weighted by molar-refractivity contribution is 5.94. The number of H-pyrrole nitrogens is 1. The zero-order chi connectivity index (χ0) is 26.3. The van der Waals surface area contributed by atoms with Gasteiger partial charge in [-0.2, -0.15) is 0 Å². The lowest BCUT2D eigenvalue weighted by Gasteiger charge is -2.34. The Hall–Kier alpha value is -3.20. The third kappa shape index (κ3) is 4.65. The molecule has 9 nitrogen and oxygen atoms in total. The normalized spacial score (nSPS) is 25.6. The highest BCUT2D eigenvalue weighted by Crippen LogP contribution is 2.42. The minimum absolute atomic E-state index is 0.168. The molecule has 37 heavy (non-hydrogen) atoms. The molecule has 0 aromatic carbocycles. The third-order valence-corrected chi connectivity index (χ3v) is 8.41. The summed E-state index contributed by atoms with van der Waals surface area (Å²) in [5.41, 5.74) is 3.98. The summed E-state index contributed by atoms with van der Waals surface area (Å²) in [7, 11) is 1.78. The SMILES string of the molecule is C=C/C(=C\C)c1nc(-c2noc(=O)[nH]2)cc2nc(N3CC(OC)CC3C)n(C(C)C3CCC(C)CC3)c12. The minimum atomic E-state index is -0.615. The summed E-state index contributed by atoms with van der Waals surface area (Å²) in [6, 6.07) is 2.43. The van der Waals surface area contributed by atoms with E-state index in [2.05, 4.69) is 47.0 Å². The second kappa shape index (κ2) is 10.3. The van der Waals surface area contributed by atoms with Crippen LogP contribution in [0.2, 0.25) is 0 Å². The number of fused-ring (bicyclic) bond motifs is 1. The molecule has 9 heteroatoms. The minimum Gasteiger partial charge on any atom is -0.380 e. The molecule has 0 radical (unpaired) electrons. The van der Waals surface area contributed by atoms with Crippen LogP contribution in [-0.4, -0.2) is 50.5 Å². The first-order chi connectivity index (χ1) is 17.8. The molecule has 0 bridgehead atoms. The van der Waals surface area contributed by atoms with Crippen molar-refractivity contribution in [3.63, 3.8) is 0 Å². The van der Waals surface area contributed by atoms with Gasteiger partial charge in [0.1, 0.15) is 5.69 Å². The second-order valence-electron chi connectivity index (χ2n) is 10.8. The number of allylic oxidation sites excluding steroid dienone is 3. The number of ether oxygens (including phenoxy) is 1. The Morgan fingerprint density at radius 2 is 2.03 bits per heavy atom. The molecule has 3 aromatic heterocycles. The van der Waals surface area contributed by atoms with Crippen LogP contribution in [0, 0.1) is 11.8 Å². The third-order valence-electron chi connectivity index (χ3n) is 8.41. The van der Waals surface area contributed by atoms with Crippen molar-refractivity contribution >= 4 is 22.6 Å². The quantitative estimate of drug-likeness (QED) is 0.430. The number of anilines is 1. The summed E-state index contributed by atoms with van der Waals surface area (Å²) in [6.07, 6.45) is 9.87. The summed E-state index contributed by atoms with van der Waals surface area (Å²) >= 11 is 0. The Balaban J connectivity index is 1.75. The molecule has 2 aliphatic rings. The van der Waals surface area contributed by atoms with Gasteiger partial charge in [0.2, 0.25) is 11.8 Å². The number of nitrogens with one attached hydrogen (secondary N) is 1. The van der Waals surface area contributed by atoms with Gasteiger partial charge >= 0.3 is 5.76 Å². The Morgan fingerprint density at radius 3 is 2.62 bits per heavy atom. The Bertz CT molecular complexity index is 1360. The molecular weight excluding hydrogens is 468 g/mol. The van der Waals surface area contributed by atoms with Gasteiger partial charge in [-0.1, -0.05) is 43.7 Å². The van der Waals surface area contributed by atoms with Crippen LogP contribution in [-0.2, 0) is 4.74 Å². The molecule has 5 rings (SSSR count). The van der Waals surface area contributed by atoms with Crippen molar-refractivity contribution in [1.29, 1.82) is 0 Å². The van der Waals surface area contributed by atoms with Gasteiger partial charge in [0.05, 0.1) is 22.8 Å². The van der Waals surface area contributed by atoms with Gasteiger partial charge in [-0.15, -0.1) is 0 Å². The predicted molar refractivity (Wildman–Crippen MR) is 146 cm³/mol. The zero-order valence-corrected chi connectivity index (χ0v) is 22.5. The van der Waals surface area contributed by atoms with Gasteiger partial charge in [-0.3, -0.25) is 9.51 Å². The standard InChI is InChI=1S/C28H38N6O3/c1-7-19(8-2)24-25-22(14-23(29-24)26-31-28(35)37-32-26)30-27(33-15-21(36-6)13-17(33)4)34(25)18(5)20-11-9-16(3)10-12-20/h7-8,14,16-18,20-21H,1,9-13,15H2,2-6H3,(H,31,32,35)/b19-8+. The fraction of sp³-hybridized carbons (Fsp3) is 0.571. The van der Waals surface area contributed by atoms with Crippen LogP contribution < -0.4 is 10.7 Å². The van der Waals surface area contributed by atoms with Gasteiger partial charge in [-0.25, -0.2) is 14.8 Å². The van der Waals surface area contributed by atoms with E-state index in [9.17, 15) is 4.79 Å². The smallest absolute Gasteiger partial charge is 0.380 e. The van der Waals surface area contributed by atoms with E-state index < -0.39 is 5.76 Å². The Kier molecular flexibility index (Phi) is 7.07. The van der Waals surface area contributed by atoms with Crippen molar-refractivity contribution < 1.29 is 9.26 Å². The lowest BCUT2D eigenvalue weighted by atomic mass is 9.79. The number of aromatic nitrogens is 5. The van der Waals surface area contributed by atoms with Gasteiger partial charge in [0.15, 0.2) is 0 Å². The molecule has 4 heterocycles. The van der Waals surface area contributed by atoms with E-state index in [1.165, 1.54) is 25.7 Å². The maximum atomic E-state index is 11.7. The van der Waals surface area contributed by atoms with Crippen molar-refractivity contribution in [1.82, 2.24) is 24.7 Å². The van der Waals surface area contributed by atoms with Crippen LogP contribution in [0.5, 0.6) is 0 Å². The zero-order valence-electron chi connectivity index (χ0n) is 22.5. The van der Waals surface area contributed by atoms with Crippen LogP contribution in [0.1, 0.15) is 71.5 Å². The van der Waals surface area contributed by atoms with E-state index in [0.29, 0.717) is 17.7 Å². The van der Waals surface area contributed by atoms with E-state index in [-0.39, 0.29) is 18.0 Å². The molecule has 1 aliphatic heterocycles. The van der Waals surface area contributed by atoms with E-state index >= 15 is 0 Å².